The lowest BCUT2D eigenvalue weighted by Crippen LogP contribution is -2.21. The number of primary sulfonamides is 1. The average molecular weight is 308 g/mol. The summed E-state index contributed by atoms with van der Waals surface area (Å²) in [4.78, 5) is 0.142. The highest BCUT2D eigenvalue weighted by atomic mass is 32.2. The molecule has 1 aromatic carbocycles. The maximum absolute atomic E-state index is 11.2. The van der Waals surface area contributed by atoms with Crippen LogP contribution in [0.1, 0.15) is 24.1 Å². The Balaban J connectivity index is 1.86. The maximum atomic E-state index is 11.2. The van der Waals surface area contributed by atoms with Gasteiger partial charge in [0.2, 0.25) is 10.0 Å². The zero-order chi connectivity index (χ0) is 15.5. The number of aromatic nitrogens is 2. The van der Waals surface area contributed by atoms with E-state index in [1.165, 1.54) is 12.1 Å². The summed E-state index contributed by atoms with van der Waals surface area (Å²) in [6, 6.07) is 6.87. The van der Waals surface area contributed by atoms with E-state index in [-0.39, 0.29) is 10.9 Å². The SMILES string of the molecule is CC(NCCc1ccc(S(N)(=O)=O)cc1)c1cnn(C)c1. The van der Waals surface area contributed by atoms with Crippen molar-refractivity contribution in [1.82, 2.24) is 15.1 Å². The van der Waals surface area contributed by atoms with E-state index >= 15 is 0 Å². The summed E-state index contributed by atoms with van der Waals surface area (Å²) in [5.41, 5.74) is 2.20. The second kappa shape index (κ2) is 6.38. The van der Waals surface area contributed by atoms with Crippen LogP contribution in [-0.2, 0) is 23.5 Å². The van der Waals surface area contributed by atoms with Crippen LogP contribution in [0, 0.1) is 0 Å². The molecule has 7 heteroatoms. The highest BCUT2D eigenvalue weighted by Gasteiger charge is 2.08. The van der Waals surface area contributed by atoms with Gasteiger partial charge in [0, 0.05) is 24.8 Å². The molecule has 1 atom stereocenters. The molecule has 114 valence electrons. The molecule has 2 aromatic rings. The Hall–Kier alpha value is -1.70. The number of aryl methyl sites for hydroxylation is 1. The number of nitrogens with one attached hydrogen (secondary N) is 1. The summed E-state index contributed by atoms with van der Waals surface area (Å²) < 4.78 is 24.1. The summed E-state index contributed by atoms with van der Waals surface area (Å²) in [7, 11) is -1.72. The lowest BCUT2D eigenvalue weighted by atomic mass is 10.1. The number of hydrogen-bond donors (Lipinski definition) is 2. The first kappa shape index (κ1) is 15.7. The standard InChI is InChI=1S/C14H20N4O2S/c1-11(13-9-17-18(2)10-13)16-8-7-12-3-5-14(6-4-12)21(15,19)20/h3-6,9-11,16H,7-8H2,1-2H3,(H2,15,19,20). The smallest absolute Gasteiger partial charge is 0.238 e. The van der Waals surface area contributed by atoms with Crippen LogP contribution >= 0.6 is 0 Å². The minimum absolute atomic E-state index is 0.142. The Morgan fingerprint density at radius 1 is 1.33 bits per heavy atom. The minimum atomic E-state index is -3.61. The van der Waals surface area contributed by atoms with Gasteiger partial charge in [-0.05, 0) is 37.6 Å². The maximum Gasteiger partial charge on any atom is 0.238 e. The lowest BCUT2D eigenvalue weighted by molar-refractivity contribution is 0.576. The first-order valence-corrected chi connectivity index (χ1v) is 8.24. The molecule has 0 aliphatic rings. The van der Waals surface area contributed by atoms with E-state index < -0.39 is 10.0 Å². The van der Waals surface area contributed by atoms with Crippen molar-refractivity contribution in [1.29, 1.82) is 0 Å². The van der Waals surface area contributed by atoms with Gasteiger partial charge < -0.3 is 5.32 Å². The molecular weight excluding hydrogens is 288 g/mol. The fraction of sp³-hybridized carbons (Fsp3) is 0.357. The van der Waals surface area contributed by atoms with Gasteiger partial charge in [-0.25, -0.2) is 13.6 Å². The number of benzene rings is 1. The zero-order valence-corrected chi connectivity index (χ0v) is 13.0. The van der Waals surface area contributed by atoms with Crippen molar-refractivity contribution in [3.63, 3.8) is 0 Å². The highest BCUT2D eigenvalue weighted by Crippen LogP contribution is 2.11. The van der Waals surface area contributed by atoms with Crippen molar-refractivity contribution in [3.8, 4) is 0 Å². The summed E-state index contributed by atoms with van der Waals surface area (Å²) in [5.74, 6) is 0. The van der Waals surface area contributed by atoms with Crippen molar-refractivity contribution in [2.45, 2.75) is 24.3 Å². The molecule has 0 bridgehead atoms. The predicted octanol–water partition coefficient (Wildman–Crippen LogP) is 0.961. The van der Waals surface area contributed by atoms with Gasteiger partial charge in [-0.2, -0.15) is 5.10 Å². The van der Waals surface area contributed by atoms with Crippen LogP contribution in [0.3, 0.4) is 0 Å². The van der Waals surface area contributed by atoms with E-state index in [1.54, 1.807) is 16.8 Å². The molecule has 21 heavy (non-hydrogen) atoms. The third kappa shape index (κ3) is 4.38. The van der Waals surface area contributed by atoms with Gasteiger partial charge in [-0.15, -0.1) is 0 Å². The molecule has 1 heterocycles. The van der Waals surface area contributed by atoms with E-state index in [9.17, 15) is 8.42 Å². The number of nitrogens with zero attached hydrogens (tertiary/aromatic N) is 2. The quantitative estimate of drug-likeness (QED) is 0.831. The first-order valence-electron chi connectivity index (χ1n) is 6.70. The molecule has 0 aliphatic heterocycles. The molecule has 1 unspecified atom stereocenters. The summed E-state index contributed by atoms with van der Waals surface area (Å²) in [6.07, 6.45) is 4.65. The zero-order valence-electron chi connectivity index (χ0n) is 12.2. The lowest BCUT2D eigenvalue weighted by Gasteiger charge is -2.12. The van der Waals surface area contributed by atoms with Crippen LogP contribution in [-0.4, -0.2) is 24.7 Å². The molecule has 0 saturated carbocycles. The Morgan fingerprint density at radius 3 is 2.52 bits per heavy atom. The van der Waals surface area contributed by atoms with Crippen LogP contribution in [0.5, 0.6) is 0 Å². The monoisotopic (exact) mass is 308 g/mol. The summed E-state index contributed by atoms with van der Waals surface area (Å²) >= 11 is 0. The second-order valence-corrected chi connectivity index (χ2v) is 6.62. The van der Waals surface area contributed by atoms with Gasteiger partial charge in [0.1, 0.15) is 0 Å². The van der Waals surface area contributed by atoms with Crippen molar-refractivity contribution in [2.75, 3.05) is 6.54 Å². The Morgan fingerprint density at radius 2 is 2.00 bits per heavy atom. The van der Waals surface area contributed by atoms with Gasteiger partial charge in [0.15, 0.2) is 0 Å². The summed E-state index contributed by atoms with van der Waals surface area (Å²) in [5, 5.41) is 12.6. The van der Waals surface area contributed by atoms with E-state index in [2.05, 4.69) is 17.3 Å². The molecule has 0 spiro atoms. The number of rotatable bonds is 6. The number of sulfonamides is 1. The predicted molar refractivity (Wildman–Crippen MR) is 81.1 cm³/mol. The largest absolute Gasteiger partial charge is 0.310 e. The molecule has 0 aliphatic carbocycles. The van der Waals surface area contributed by atoms with E-state index in [4.69, 9.17) is 5.14 Å². The Kier molecular flexibility index (Phi) is 4.76. The molecule has 3 N–H and O–H groups in total. The molecular formula is C14H20N4O2S. The fourth-order valence-electron chi connectivity index (χ4n) is 2.06. The Labute approximate surface area is 125 Å². The topological polar surface area (TPSA) is 90.0 Å². The van der Waals surface area contributed by atoms with Crippen LogP contribution in [0.2, 0.25) is 0 Å². The van der Waals surface area contributed by atoms with E-state index in [1.807, 2.05) is 19.4 Å². The van der Waals surface area contributed by atoms with Crippen molar-refractivity contribution >= 4 is 10.0 Å². The Bertz CT molecular complexity index is 692. The van der Waals surface area contributed by atoms with Crippen LogP contribution < -0.4 is 10.5 Å². The van der Waals surface area contributed by atoms with Crippen LogP contribution in [0.4, 0.5) is 0 Å². The van der Waals surface area contributed by atoms with E-state index in [0.29, 0.717) is 0 Å². The third-order valence-electron chi connectivity index (χ3n) is 3.34. The normalized spacial score (nSPS) is 13.3. The molecule has 6 nitrogen and oxygen atoms in total. The first-order chi connectivity index (χ1) is 9.86. The third-order valence-corrected chi connectivity index (χ3v) is 4.27. The number of hydrogen-bond acceptors (Lipinski definition) is 4. The molecule has 0 saturated heterocycles. The van der Waals surface area contributed by atoms with Crippen molar-refractivity contribution < 1.29 is 8.42 Å². The molecule has 0 radical (unpaired) electrons. The molecule has 2 rings (SSSR count). The summed E-state index contributed by atoms with van der Waals surface area (Å²) in [6.45, 7) is 2.88. The van der Waals surface area contributed by atoms with Gasteiger partial charge in [-0.3, -0.25) is 4.68 Å². The van der Waals surface area contributed by atoms with Crippen LogP contribution in [0.15, 0.2) is 41.6 Å². The molecule has 1 aromatic heterocycles. The van der Waals surface area contributed by atoms with Gasteiger partial charge in [0.05, 0.1) is 11.1 Å². The van der Waals surface area contributed by atoms with Gasteiger partial charge in [-0.1, -0.05) is 12.1 Å². The fourth-order valence-corrected chi connectivity index (χ4v) is 2.58. The molecule has 0 amide bonds. The average Bonchev–Trinajstić information content (AvgIpc) is 2.85. The van der Waals surface area contributed by atoms with Crippen molar-refractivity contribution in [3.05, 3.63) is 47.8 Å². The highest BCUT2D eigenvalue weighted by molar-refractivity contribution is 7.89. The van der Waals surface area contributed by atoms with Gasteiger partial charge >= 0.3 is 0 Å². The van der Waals surface area contributed by atoms with Crippen molar-refractivity contribution in [2.24, 2.45) is 12.2 Å². The minimum Gasteiger partial charge on any atom is -0.310 e. The van der Waals surface area contributed by atoms with Crippen LogP contribution in [0.25, 0.3) is 0 Å². The number of nitrogens with two attached hydrogens (primary N) is 1. The molecule has 0 fully saturated rings. The van der Waals surface area contributed by atoms with Gasteiger partial charge in [0.25, 0.3) is 0 Å². The second-order valence-electron chi connectivity index (χ2n) is 5.06. The van der Waals surface area contributed by atoms with E-state index in [0.717, 1.165) is 24.1 Å².